The van der Waals surface area contributed by atoms with Gasteiger partial charge in [0.15, 0.2) is 0 Å². The third-order valence-electron chi connectivity index (χ3n) is 7.25. The van der Waals surface area contributed by atoms with Crippen molar-refractivity contribution in [2.45, 2.75) is 44.9 Å². The molecule has 1 fully saturated rings. The van der Waals surface area contributed by atoms with Crippen LogP contribution >= 0.6 is 23.2 Å². The second-order valence-electron chi connectivity index (χ2n) is 11.3. The molecule has 1 aromatic carbocycles. The molecule has 5 rings (SSSR count). The summed E-state index contributed by atoms with van der Waals surface area (Å²) in [6, 6.07) is 7.41. The number of carbonyl (C=O) groups is 1. The molecule has 0 bridgehead atoms. The molecule has 1 unspecified atom stereocenters. The fourth-order valence-corrected chi connectivity index (χ4v) is 5.75. The highest BCUT2D eigenvalue weighted by atomic mass is 35.5. The number of fused-ring (bicyclic) bond motifs is 2. The summed E-state index contributed by atoms with van der Waals surface area (Å²) >= 11 is 13.0. The summed E-state index contributed by atoms with van der Waals surface area (Å²) in [6.07, 6.45) is 6.63. The van der Waals surface area contributed by atoms with Gasteiger partial charge in [0.2, 0.25) is 0 Å². The number of hydrogen-bond donors (Lipinski definition) is 1. The van der Waals surface area contributed by atoms with Crippen LogP contribution in [0.5, 0.6) is 0 Å². The smallest absolute Gasteiger partial charge is 0.410 e. The highest BCUT2D eigenvalue weighted by Crippen LogP contribution is 2.46. The first kappa shape index (κ1) is 27.6. The van der Waals surface area contributed by atoms with Crippen LogP contribution < -0.4 is 0 Å². The van der Waals surface area contributed by atoms with Gasteiger partial charge in [0.25, 0.3) is 0 Å². The zero-order chi connectivity index (χ0) is 28.1. The monoisotopic (exact) mass is 569 g/mol. The number of carbonyl (C=O) groups excluding carboxylic acids is 1. The molecule has 3 aromatic rings. The van der Waals surface area contributed by atoms with E-state index in [9.17, 15) is 9.90 Å². The molecule has 206 valence electrons. The van der Waals surface area contributed by atoms with Crippen molar-refractivity contribution in [3.8, 4) is 0 Å². The standard InChI is InChI=1S/C29H33Cl2N5O3/c1-28(2,3)39-27(37)36-10-8-35(9-11-36)26-21-7-6-19(30)12-18(21)13-23(22-14-20(31)15-33-25(22)26)29(4,38)24-16-32-17-34(24)5/h6-7,12-17,26,38H,8-11H2,1-5H3/t26-,29?/m0/s1. The molecule has 0 radical (unpaired) electrons. The molecule has 0 spiro atoms. The lowest BCUT2D eigenvalue weighted by molar-refractivity contribution is 0.0117. The average molecular weight is 571 g/mol. The van der Waals surface area contributed by atoms with E-state index in [1.165, 1.54) is 0 Å². The van der Waals surface area contributed by atoms with Crippen LogP contribution in [-0.4, -0.2) is 67.3 Å². The number of amides is 1. The molecule has 2 atom stereocenters. The fraction of sp³-hybridized carbons (Fsp3) is 0.414. The van der Waals surface area contributed by atoms with E-state index in [2.05, 4.69) is 9.88 Å². The van der Waals surface area contributed by atoms with Crippen LogP contribution in [0.25, 0.3) is 11.6 Å². The number of pyridine rings is 1. The second-order valence-corrected chi connectivity index (χ2v) is 12.2. The van der Waals surface area contributed by atoms with E-state index >= 15 is 0 Å². The van der Waals surface area contributed by atoms with Crippen LogP contribution in [0.3, 0.4) is 0 Å². The molecule has 10 heteroatoms. The minimum Gasteiger partial charge on any atom is -0.444 e. The molecule has 1 N–H and O–H groups in total. The first-order valence-electron chi connectivity index (χ1n) is 12.9. The third-order valence-corrected chi connectivity index (χ3v) is 7.69. The Bertz CT molecular complexity index is 1430. The van der Waals surface area contributed by atoms with Gasteiger partial charge in [0.05, 0.1) is 35.0 Å². The predicted molar refractivity (Wildman–Crippen MR) is 153 cm³/mol. The zero-order valence-corrected chi connectivity index (χ0v) is 24.3. The maximum absolute atomic E-state index is 12.7. The van der Waals surface area contributed by atoms with Crippen molar-refractivity contribution in [3.63, 3.8) is 0 Å². The van der Waals surface area contributed by atoms with E-state index in [1.54, 1.807) is 35.1 Å². The SMILES string of the molecule is Cn1cncc1C(C)(O)C1=Cc2cc(Cl)ccc2[C@H](N2CCN(C(=O)OC(C)(C)C)CC2)c2ncc(Cl)cc21. The van der Waals surface area contributed by atoms with Crippen LogP contribution in [0, 0.1) is 0 Å². The van der Waals surface area contributed by atoms with E-state index in [1.807, 2.05) is 58.2 Å². The second kappa shape index (κ2) is 10.2. The van der Waals surface area contributed by atoms with Crippen LogP contribution in [0.1, 0.15) is 61.8 Å². The van der Waals surface area contributed by atoms with Crippen LogP contribution in [0.15, 0.2) is 43.0 Å². The maximum Gasteiger partial charge on any atom is 0.410 e. The number of nitrogens with zero attached hydrogens (tertiary/aromatic N) is 5. The molecular weight excluding hydrogens is 537 g/mol. The van der Waals surface area contributed by atoms with Gasteiger partial charge in [0.1, 0.15) is 11.2 Å². The number of aryl methyl sites for hydroxylation is 1. The first-order valence-corrected chi connectivity index (χ1v) is 13.7. The van der Waals surface area contributed by atoms with Crippen molar-refractivity contribution >= 4 is 40.9 Å². The van der Waals surface area contributed by atoms with E-state index in [4.69, 9.17) is 32.9 Å². The predicted octanol–water partition coefficient (Wildman–Crippen LogP) is 5.53. The van der Waals surface area contributed by atoms with Gasteiger partial charge in [-0.25, -0.2) is 9.78 Å². The number of piperazine rings is 1. The maximum atomic E-state index is 12.7. The molecular formula is C29H33Cl2N5O3. The van der Waals surface area contributed by atoms with E-state index in [-0.39, 0.29) is 12.1 Å². The normalized spacial score (nSPS) is 19.4. The lowest BCUT2D eigenvalue weighted by Gasteiger charge is -2.40. The molecule has 1 saturated heterocycles. The molecule has 2 aliphatic rings. The Labute approximate surface area is 238 Å². The van der Waals surface area contributed by atoms with Gasteiger partial charge in [-0.3, -0.25) is 9.88 Å². The summed E-state index contributed by atoms with van der Waals surface area (Å²) in [4.78, 5) is 25.8. The van der Waals surface area contributed by atoms with Crippen LogP contribution in [-0.2, 0) is 17.4 Å². The molecule has 3 heterocycles. The van der Waals surface area contributed by atoms with Crippen LogP contribution in [0.4, 0.5) is 4.79 Å². The topological polar surface area (TPSA) is 83.7 Å². The summed E-state index contributed by atoms with van der Waals surface area (Å²) in [5.41, 5.74) is 2.74. The number of aliphatic hydroxyl groups is 1. The number of ether oxygens (including phenoxy) is 1. The largest absolute Gasteiger partial charge is 0.444 e. The summed E-state index contributed by atoms with van der Waals surface area (Å²) in [5.74, 6) is 0. The van der Waals surface area contributed by atoms with E-state index < -0.39 is 11.2 Å². The summed E-state index contributed by atoms with van der Waals surface area (Å²) in [7, 11) is 1.85. The van der Waals surface area contributed by atoms with E-state index in [0.29, 0.717) is 47.5 Å². The highest BCUT2D eigenvalue weighted by molar-refractivity contribution is 6.31. The molecule has 1 aliphatic carbocycles. The summed E-state index contributed by atoms with van der Waals surface area (Å²) < 4.78 is 7.40. The minimum absolute atomic E-state index is 0.249. The highest BCUT2D eigenvalue weighted by Gasteiger charge is 2.40. The zero-order valence-electron chi connectivity index (χ0n) is 22.8. The minimum atomic E-state index is -1.41. The van der Waals surface area contributed by atoms with Gasteiger partial charge in [0, 0.05) is 50.0 Å². The number of benzene rings is 1. The lowest BCUT2D eigenvalue weighted by Crippen LogP contribution is -2.51. The lowest BCUT2D eigenvalue weighted by atomic mass is 9.85. The number of imidazole rings is 1. The van der Waals surface area contributed by atoms with Gasteiger partial charge in [-0.05, 0) is 68.7 Å². The third kappa shape index (κ3) is 5.43. The molecule has 2 aromatic heterocycles. The van der Waals surface area contributed by atoms with Gasteiger partial charge >= 0.3 is 6.09 Å². The summed E-state index contributed by atoms with van der Waals surface area (Å²) in [6.45, 7) is 9.63. The quantitative estimate of drug-likeness (QED) is 0.446. The first-order chi connectivity index (χ1) is 18.3. The number of hydrogen-bond acceptors (Lipinski definition) is 6. The van der Waals surface area contributed by atoms with Gasteiger partial charge in [-0.1, -0.05) is 29.3 Å². The van der Waals surface area contributed by atoms with Crippen molar-refractivity contribution in [2.75, 3.05) is 26.2 Å². The van der Waals surface area contributed by atoms with Crippen molar-refractivity contribution in [1.82, 2.24) is 24.3 Å². The number of rotatable bonds is 3. The Balaban J connectivity index is 1.59. The van der Waals surface area contributed by atoms with Gasteiger partial charge < -0.3 is 19.3 Å². The molecule has 1 amide bonds. The summed E-state index contributed by atoms with van der Waals surface area (Å²) in [5, 5.41) is 13.1. The van der Waals surface area contributed by atoms with Crippen molar-refractivity contribution in [2.24, 2.45) is 7.05 Å². The number of aromatic nitrogens is 3. The molecule has 0 saturated carbocycles. The Morgan fingerprint density at radius 1 is 1.05 bits per heavy atom. The molecule has 39 heavy (non-hydrogen) atoms. The van der Waals surface area contributed by atoms with Gasteiger partial charge in [-0.2, -0.15) is 0 Å². The van der Waals surface area contributed by atoms with E-state index in [0.717, 1.165) is 22.4 Å². The van der Waals surface area contributed by atoms with Crippen molar-refractivity contribution < 1.29 is 14.6 Å². The number of halogens is 2. The van der Waals surface area contributed by atoms with Crippen molar-refractivity contribution in [1.29, 1.82) is 0 Å². The Kier molecular flexibility index (Phi) is 7.26. The van der Waals surface area contributed by atoms with Crippen LogP contribution in [0.2, 0.25) is 10.0 Å². The Morgan fingerprint density at radius 3 is 2.41 bits per heavy atom. The average Bonchev–Trinajstić information content (AvgIpc) is 3.24. The molecule has 8 nitrogen and oxygen atoms in total. The van der Waals surface area contributed by atoms with Gasteiger partial charge in [-0.15, -0.1) is 0 Å². The fourth-order valence-electron chi connectivity index (χ4n) is 5.41. The van der Waals surface area contributed by atoms with Crippen molar-refractivity contribution in [3.05, 3.63) is 81.1 Å². The molecule has 1 aliphatic heterocycles. The Hall–Kier alpha value is -2.91. The Morgan fingerprint density at radius 2 is 1.77 bits per heavy atom.